The fourth-order valence-electron chi connectivity index (χ4n) is 2.98. The lowest BCUT2D eigenvalue weighted by molar-refractivity contribution is -0.138. The molecule has 0 spiro atoms. The zero-order valence-corrected chi connectivity index (χ0v) is 12.5. The van der Waals surface area contributed by atoms with Crippen LogP contribution in [0.5, 0.6) is 0 Å². The molecule has 4 unspecified atom stereocenters. The number of fused-ring (bicyclic) bond motifs is 1. The van der Waals surface area contributed by atoms with Crippen molar-refractivity contribution in [1.82, 2.24) is 10.6 Å². The molecule has 7 heteroatoms. The van der Waals surface area contributed by atoms with Crippen molar-refractivity contribution >= 4 is 23.6 Å². The van der Waals surface area contributed by atoms with Crippen LogP contribution < -0.4 is 16.4 Å². The second-order valence-corrected chi connectivity index (χ2v) is 6.92. The third-order valence-electron chi connectivity index (χ3n) is 4.20. The van der Waals surface area contributed by atoms with Crippen LogP contribution in [-0.4, -0.2) is 52.7 Å². The average Bonchev–Trinajstić information content (AvgIpc) is 2.87. The number of hydrogen-bond acceptors (Lipinski definition) is 5. The van der Waals surface area contributed by atoms with E-state index in [2.05, 4.69) is 17.6 Å². The van der Waals surface area contributed by atoms with Gasteiger partial charge >= 0.3 is 5.97 Å². The smallest absolute Gasteiger partial charge is 0.322 e. The number of thioether (sulfide) groups is 1. The molecule has 114 valence electrons. The Morgan fingerprint density at radius 2 is 2.30 bits per heavy atom. The Bertz CT molecular complexity index is 380. The van der Waals surface area contributed by atoms with Crippen LogP contribution in [0.25, 0.3) is 0 Å². The number of rotatable bonds is 5. The van der Waals surface area contributed by atoms with Gasteiger partial charge in [0.2, 0.25) is 5.91 Å². The van der Waals surface area contributed by atoms with Gasteiger partial charge in [0, 0.05) is 17.8 Å². The molecule has 0 aromatic carbocycles. The minimum Gasteiger partial charge on any atom is -0.480 e. The lowest BCUT2D eigenvalue weighted by Gasteiger charge is -2.33. The number of nitrogens with two attached hydrogens (primary N) is 1. The highest BCUT2D eigenvalue weighted by Gasteiger charge is 2.43. The minimum absolute atomic E-state index is 0.00874. The van der Waals surface area contributed by atoms with Gasteiger partial charge < -0.3 is 21.5 Å². The lowest BCUT2D eigenvalue weighted by atomic mass is 9.88. The van der Waals surface area contributed by atoms with Crippen molar-refractivity contribution in [1.29, 1.82) is 0 Å². The fourth-order valence-corrected chi connectivity index (χ4v) is 4.83. The van der Waals surface area contributed by atoms with Crippen molar-refractivity contribution in [2.45, 2.75) is 48.8 Å². The first-order valence-electron chi connectivity index (χ1n) is 7.17. The topological polar surface area (TPSA) is 104 Å². The highest BCUT2D eigenvalue weighted by atomic mass is 32.2. The van der Waals surface area contributed by atoms with E-state index in [-0.39, 0.29) is 17.7 Å². The largest absolute Gasteiger partial charge is 0.480 e. The number of aliphatic carboxylic acids is 1. The number of carboxylic acids is 1. The third kappa shape index (κ3) is 3.45. The maximum absolute atomic E-state index is 12.1. The van der Waals surface area contributed by atoms with E-state index in [0.717, 1.165) is 19.4 Å². The number of carbonyl (C=O) groups excluding carboxylic acids is 1. The molecule has 2 fully saturated rings. The predicted octanol–water partition coefficient (Wildman–Crippen LogP) is -0.223. The summed E-state index contributed by atoms with van der Waals surface area (Å²) < 4.78 is 0. The number of hydrogen-bond donors (Lipinski definition) is 4. The summed E-state index contributed by atoms with van der Waals surface area (Å²) in [5, 5.41) is 15.3. The monoisotopic (exact) mass is 301 g/mol. The third-order valence-corrected chi connectivity index (χ3v) is 5.97. The Hall–Kier alpha value is -0.790. The normalized spacial score (nSPS) is 34.3. The van der Waals surface area contributed by atoms with Crippen LogP contribution in [0.2, 0.25) is 0 Å². The summed E-state index contributed by atoms with van der Waals surface area (Å²) in [6, 6.07) is -0.628. The highest BCUT2D eigenvalue weighted by molar-refractivity contribution is 8.01. The van der Waals surface area contributed by atoms with Crippen LogP contribution >= 0.6 is 11.8 Å². The Labute approximate surface area is 123 Å². The second-order valence-electron chi connectivity index (χ2n) is 5.53. The van der Waals surface area contributed by atoms with Crippen LogP contribution in [0.15, 0.2) is 0 Å². The van der Waals surface area contributed by atoms with Gasteiger partial charge in [0.1, 0.15) is 6.04 Å². The van der Waals surface area contributed by atoms with E-state index in [1.165, 1.54) is 6.42 Å². The quantitative estimate of drug-likeness (QED) is 0.559. The second kappa shape index (κ2) is 6.78. The number of nitrogens with one attached hydrogen (secondary N) is 2. The summed E-state index contributed by atoms with van der Waals surface area (Å²) in [6.45, 7) is 3.22. The molecule has 5 atom stereocenters. The summed E-state index contributed by atoms with van der Waals surface area (Å²) in [4.78, 5) is 22.7. The number of carbonyl (C=O) groups is 2. The van der Waals surface area contributed by atoms with Crippen molar-refractivity contribution < 1.29 is 14.7 Å². The van der Waals surface area contributed by atoms with Gasteiger partial charge in [-0.05, 0) is 25.3 Å². The van der Waals surface area contributed by atoms with E-state index in [0.29, 0.717) is 17.2 Å². The van der Waals surface area contributed by atoms with Crippen molar-refractivity contribution in [3.8, 4) is 0 Å². The molecule has 2 saturated heterocycles. The lowest BCUT2D eigenvalue weighted by Crippen LogP contribution is -2.46. The molecule has 5 N–H and O–H groups in total. The zero-order chi connectivity index (χ0) is 14.7. The minimum atomic E-state index is -1.09. The molecule has 2 aliphatic heterocycles. The van der Waals surface area contributed by atoms with Crippen molar-refractivity contribution in [3.63, 3.8) is 0 Å². The highest BCUT2D eigenvalue weighted by Crippen LogP contribution is 2.42. The Morgan fingerprint density at radius 1 is 1.55 bits per heavy atom. The van der Waals surface area contributed by atoms with Gasteiger partial charge in [0.15, 0.2) is 0 Å². The molecular formula is C13H23N3O3S. The van der Waals surface area contributed by atoms with Crippen molar-refractivity contribution in [2.24, 2.45) is 11.7 Å². The Kier molecular flexibility index (Phi) is 5.29. The maximum Gasteiger partial charge on any atom is 0.322 e. The van der Waals surface area contributed by atoms with Crippen LogP contribution in [-0.2, 0) is 9.59 Å². The Balaban J connectivity index is 1.85. The standard InChI is InChI=1S/C13H23N3O3S/c1-2-7-3-4-15-9-5-10(20-11(7)9)12(17)16-6-8(14)13(18)19/h7-11,15H,2-6,14H2,1H3,(H,16,17)(H,18,19)/t7?,8-,9?,10?,11?/m1/s1. The van der Waals surface area contributed by atoms with E-state index in [9.17, 15) is 9.59 Å². The number of piperidine rings is 1. The molecule has 0 aromatic rings. The molecule has 20 heavy (non-hydrogen) atoms. The molecule has 2 aliphatic rings. The van der Waals surface area contributed by atoms with E-state index in [1.54, 1.807) is 11.8 Å². The summed E-state index contributed by atoms with van der Waals surface area (Å²) >= 11 is 1.73. The molecule has 0 aromatic heterocycles. The van der Waals surface area contributed by atoms with Crippen LogP contribution in [0, 0.1) is 5.92 Å². The van der Waals surface area contributed by atoms with Gasteiger partial charge in [-0.1, -0.05) is 13.3 Å². The average molecular weight is 301 g/mol. The molecule has 2 heterocycles. The van der Waals surface area contributed by atoms with Gasteiger partial charge in [-0.15, -0.1) is 11.8 Å². The zero-order valence-electron chi connectivity index (χ0n) is 11.7. The van der Waals surface area contributed by atoms with Gasteiger partial charge in [0.25, 0.3) is 0 Å². The van der Waals surface area contributed by atoms with Gasteiger partial charge in [0.05, 0.1) is 5.25 Å². The molecule has 0 aliphatic carbocycles. The van der Waals surface area contributed by atoms with Gasteiger partial charge in [-0.2, -0.15) is 0 Å². The molecular weight excluding hydrogens is 278 g/mol. The summed E-state index contributed by atoms with van der Waals surface area (Å²) in [5.41, 5.74) is 5.39. The van der Waals surface area contributed by atoms with E-state index >= 15 is 0 Å². The maximum atomic E-state index is 12.1. The first kappa shape index (κ1) is 15.6. The summed E-state index contributed by atoms with van der Waals surface area (Å²) in [7, 11) is 0. The molecule has 6 nitrogen and oxygen atoms in total. The molecule has 0 saturated carbocycles. The summed E-state index contributed by atoms with van der Waals surface area (Å²) in [5.74, 6) is -0.506. The van der Waals surface area contributed by atoms with Gasteiger partial charge in [-0.3, -0.25) is 9.59 Å². The summed E-state index contributed by atoms with van der Waals surface area (Å²) in [6.07, 6.45) is 3.14. The molecule has 2 rings (SSSR count). The molecule has 0 bridgehead atoms. The molecule has 1 amide bonds. The van der Waals surface area contributed by atoms with E-state index in [1.807, 2.05) is 0 Å². The number of amides is 1. The fraction of sp³-hybridized carbons (Fsp3) is 0.846. The number of carboxylic acid groups (broad SMARTS) is 1. The van der Waals surface area contributed by atoms with Crippen LogP contribution in [0.4, 0.5) is 0 Å². The van der Waals surface area contributed by atoms with Crippen LogP contribution in [0.3, 0.4) is 0 Å². The van der Waals surface area contributed by atoms with Crippen LogP contribution in [0.1, 0.15) is 26.2 Å². The van der Waals surface area contributed by atoms with E-state index in [4.69, 9.17) is 10.8 Å². The van der Waals surface area contributed by atoms with Gasteiger partial charge in [-0.25, -0.2) is 0 Å². The first-order valence-corrected chi connectivity index (χ1v) is 8.12. The van der Waals surface area contributed by atoms with Crippen molar-refractivity contribution in [3.05, 3.63) is 0 Å². The molecule has 0 radical (unpaired) electrons. The SMILES string of the molecule is CCC1CCNC2CC(C(=O)NC[C@@H](N)C(=O)O)SC12. The van der Waals surface area contributed by atoms with Crippen molar-refractivity contribution in [2.75, 3.05) is 13.1 Å². The first-order chi connectivity index (χ1) is 9.52. The van der Waals surface area contributed by atoms with E-state index < -0.39 is 12.0 Å². The Morgan fingerprint density at radius 3 is 2.95 bits per heavy atom. The predicted molar refractivity (Wildman–Crippen MR) is 78.6 cm³/mol.